The molecule has 1 aromatic rings. The molecule has 5 heteroatoms. The first-order chi connectivity index (χ1) is 10.2. The lowest BCUT2D eigenvalue weighted by Crippen LogP contribution is -2.46. The van der Waals surface area contributed by atoms with Gasteiger partial charge in [0.05, 0.1) is 0 Å². The second-order valence-electron chi connectivity index (χ2n) is 5.39. The van der Waals surface area contributed by atoms with Crippen LogP contribution in [0.15, 0.2) is 22.8 Å². The highest BCUT2D eigenvalue weighted by atomic mass is 79.9. The minimum Gasteiger partial charge on any atom is -0.312 e. The van der Waals surface area contributed by atoms with Crippen LogP contribution in [0.25, 0.3) is 0 Å². The molecule has 1 aliphatic rings. The number of nitrogens with one attached hydrogen (secondary N) is 1. The Kier molecular flexibility index (Phi) is 7.92. The maximum atomic E-state index is 4.57. The molecule has 1 N–H and O–H groups in total. The van der Waals surface area contributed by atoms with Crippen LogP contribution in [0.4, 0.5) is 0 Å². The summed E-state index contributed by atoms with van der Waals surface area (Å²) in [6, 6.07) is 4.77. The fourth-order valence-electron chi connectivity index (χ4n) is 2.70. The quantitative estimate of drug-likeness (QED) is 0.748. The Balaban J connectivity index is 2.06. The summed E-state index contributed by atoms with van der Waals surface area (Å²) in [4.78, 5) is 4.57. The van der Waals surface area contributed by atoms with E-state index < -0.39 is 0 Å². The number of hydrogen-bond acceptors (Lipinski definition) is 4. The average Bonchev–Trinajstić information content (AvgIpc) is 2.53. The van der Waals surface area contributed by atoms with Gasteiger partial charge in [-0.05, 0) is 47.4 Å². The molecule has 0 radical (unpaired) electrons. The molecule has 0 bridgehead atoms. The molecule has 0 amide bonds. The van der Waals surface area contributed by atoms with Gasteiger partial charge in [-0.25, -0.2) is 0 Å². The van der Waals surface area contributed by atoms with Crippen LogP contribution in [0, 0.1) is 0 Å². The first-order valence-corrected chi connectivity index (χ1v) is 10.7. The molecule has 1 aromatic heterocycles. The Morgan fingerprint density at radius 1 is 1.33 bits per heavy atom. The number of thioether (sulfide) groups is 2. The van der Waals surface area contributed by atoms with Crippen molar-refractivity contribution in [2.45, 2.75) is 49.7 Å². The minimum atomic E-state index is 0.529. The van der Waals surface area contributed by atoms with Crippen LogP contribution >= 0.6 is 39.5 Å². The first-order valence-electron chi connectivity index (χ1n) is 7.81. The third kappa shape index (κ3) is 5.45. The molecule has 2 rings (SSSR count). The molecule has 2 nitrogen and oxygen atoms in total. The summed E-state index contributed by atoms with van der Waals surface area (Å²) in [6.45, 7) is 5.66. The van der Waals surface area contributed by atoms with Crippen molar-refractivity contribution in [1.82, 2.24) is 10.3 Å². The van der Waals surface area contributed by atoms with Crippen molar-refractivity contribution in [3.8, 4) is 0 Å². The molecule has 1 fully saturated rings. The summed E-state index contributed by atoms with van der Waals surface area (Å²) >= 11 is 7.78. The average molecular weight is 389 g/mol. The lowest BCUT2D eigenvalue weighted by Gasteiger charge is -2.36. The Morgan fingerprint density at radius 2 is 2.14 bits per heavy atom. The second kappa shape index (κ2) is 9.43. The van der Waals surface area contributed by atoms with Gasteiger partial charge in [0, 0.05) is 50.8 Å². The fourth-order valence-corrected chi connectivity index (χ4v) is 6.20. The third-order valence-electron chi connectivity index (χ3n) is 3.77. The highest BCUT2D eigenvalue weighted by molar-refractivity contribution is 9.10. The van der Waals surface area contributed by atoms with Crippen LogP contribution in [0.1, 0.15) is 32.4 Å². The Bertz CT molecular complexity index is 413. The number of halogens is 1. The van der Waals surface area contributed by atoms with E-state index in [9.17, 15) is 0 Å². The lowest BCUT2D eigenvalue weighted by atomic mass is 10.0. The van der Waals surface area contributed by atoms with E-state index in [4.69, 9.17) is 0 Å². The second-order valence-corrected chi connectivity index (χ2v) is 8.93. The molecule has 21 heavy (non-hydrogen) atoms. The third-order valence-corrected chi connectivity index (χ3v) is 7.64. The molecule has 0 saturated carbocycles. The number of nitrogens with zero attached hydrogens (tertiary/aromatic N) is 1. The maximum absolute atomic E-state index is 4.57. The molecule has 1 aliphatic heterocycles. The van der Waals surface area contributed by atoms with E-state index in [-0.39, 0.29) is 0 Å². The Hall–Kier alpha value is 0.290. The zero-order valence-electron chi connectivity index (χ0n) is 12.8. The zero-order chi connectivity index (χ0) is 15.1. The van der Waals surface area contributed by atoms with Crippen molar-refractivity contribution in [3.63, 3.8) is 0 Å². The van der Waals surface area contributed by atoms with Gasteiger partial charge in [0.25, 0.3) is 0 Å². The SMILES string of the molecule is CCCNC(Cc1ccc(Br)cn1)C1SCCSC1CC. The van der Waals surface area contributed by atoms with E-state index in [1.165, 1.54) is 30.0 Å². The number of aromatic nitrogens is 1. The van der Waals surface area contributed by atoms with E-state index in [0.29, 0.717) is 11.3 Å². The summed E-state index contributed by atoms with van der Waals surface area (Å²) < 4.78 is 1.05. The molecule has 1 saturated heterocycles. The van der Waals surface area contributed by atoms with Gasteiger partial charge in [0.15, 0.2) is 0 Å². The zero-order valence-corrected chi connectivity index (χ0v) is 16.1. The number of hydrogen-bond donors (Lipinski definition) is 1. The van der Waals surface area contributed by atoms with Gasteiger partial charge in [-0.2, -0.15) is 23.5 Å². The summed E-state index contributed by atoms with van der Waals surface area (Å²) in [5.74, 6) is 2.58. The van der Waals surface area contributed by atoms with E-state index >= 15 is 0 Å². The van der Waals surface area contributed by atoms with Crippen LogP contribution in [0.5, 0.6) is 0 Å². The predicted molar refractivity (Wildman–Crippen MR) is 101 cm³/mol. The van der Waals surface area contributed by atoms with E-state index in [0.717, 1.165) is 22.7 Å². The molecule has 0 aliphatic carbocycles. The van der Waals surface area contributed by atoms with E-state index in [1.54, 1.807) is 0 Å². The minimum absolute atomic E-state index is 0.529. The van der Waals surface area contributed by atoms with Crippen molar-refractivity contribution < 1.29 is 0 Å². The van der Waals surface area contributed by atoms with Gasteiger partial charge in [0.2, 0.25) is 0 Å². The van der Waals surface area contributed by atoms with Crippen LogP contribution < -0.4 is 5.32 Å². The van der Waals surface area contributed by atoms with Gasteiger partial charge in [0.1, 0.15) is 0 Å². The smallest absolute Gasteiger partial charge is 0.0420 e. The van der Waals surface area contributed by atoms with Gasteiger partial charge < -0.3 is 5.32 Å². The molecule has 118 valence electrons. The van der Waals surface area contributed by atoms with Crippen molar-refractivity contribution in [2.75, 3.05) is 18.1 Å². The van der Waals surface area contributed by atoms with Gasteiger partial charge in [-0.15, -0.1) is 0 Å². The van der Waals surface area contributed by atoms with Crippen LogP contribution in [0.3, 0.4) is 0 Å². The Morgan fingerprint density at radius 3 is 2.81 bits per heavy atom. The normalized spacial score (nSPS) is 24.0. The van der Waals surface area contributed by atoms with E-state index in [1.807, 2.05) is 6.20 Å². The maximum Gasteiger partial charge on any atom is 0.0420 e. The highest BCUT2D eigenvalue weighted by Gasteiger charge is 2.31. The number of rotatable bonds is 7. The molecule has 2 heterocycles. The Labute approximate surface area is 145 Å². The summed E-state index contributed by atoms with van der Waals surface area (Å²) in [6.07, 6.45) is 5.39. The summed E-state index contributed by atoms with van der Waals surface area (Å²) in [5, 5.41) is 5.25. The fraction of sp³-hybridized carbons (Fsp3) is 0.688. The summed E-state index contributed by atoms with van der Waals surface area (Å²) in [7, 11) is 0. The number of pyridine rings is 1. The van der Waals surface area contributed by atoms with Crippen LogP contribution in [-0.4, -0.2) is 39.6 Å². The standard InChI is InChI=1S/C16H25BrN2S2/c1-3-7-18-14(10-13-6-5-12(17)11-19-13)16-15(4-2)20-8-9-21-16/h5-6,11,14-16,18H,3-4,7-10H2,1-2H3. The molecule has 0 spiro atoms. The van der Waals surface area contributed by atoms with Gasteiger partial charge >= 0.3 is 0 Å². The predicted octanol–water partition coefficient (Wildman–Crippen LogP) is 4.38. The van der Waals surface area contributed by atoms with Crippen molar-refractivity contribution in [2.24, 2.45) is 0 Å². The molecule has 3 unspecified atom stereocenters. The molecule has 3 atom stereocenters. The summed E-state index contributed by atoms with van der Waals surface area (Å²) in [5.41, 5.74) is 1.19. The van der Waals surface area contributed by atoms with Gasteiger partial charge in [-0.3, -0.25) is 4.98 Å². The topological polar surface area (TPSA) is 24.9 Å². The van der Waals surface area contributed by atoms with Gasteiger partial charge in [-0.1, -0.05) is 13.8 Å². The van der Waals surface area contributed by atoms with Crippen LogP contribution in [-0.2, 0) is 6.42 Å². The monoisotopic (exact) mass is 388 g/mol. The molecule has 0 aromatic carbocycles. The van der Waals surface area contributed by atoms with E-state index in [2.05, 4.69) is 75.7 Å². The van der Waals surface area contributed by atoms with Crippen molar-refractivity contribution in [3.05, 3.63) is 28.5 Å². The van der Waals surface area contributed by atoms with Crippen molar-refractivity contribution in [1.29, 1.82) is 0 Å². The highest BCUT2D eigenvalue weighted by Crippen LogP contribution is 2.36. The van der Waals surface area contributed by atoms with Crippen LogP contribution in [0.2, 0.25) is 0 Å². The van der Waals surface area contributed by atoms with Crippen molar-refractivity contribution >= 4 is 39.5 Å². The largest absolute Gasteiger partial charge is 0.312 e. The first kappa shape index (κ1) is 17.6. The molecular formula is C16H25BrN2S2. The lowest BCUT2D eigenvalue weighted by molar-refractivity contribution is 0.473. The molecular weight excluding hydrogens is 364 g/mol.